The van der Waals surface area contributed by atoms with Crippen LogP contribution in [0.5, 0.6) is 0 Å². The highest BCUT2D eigenvalue weighted by Gasteiger charge is 2.26. The van der Waals surface area contributed by atoms with E-state index in [4.69, 9.17) is 0 Å². The Bertz CT molecular complexity index is 739. The fraction of sp³-hybridized carbons (Fsp3) is 0.500. The minimum absolute atomic E-state index is 0.00140. The van der Waals surface area contributed by atoms with Crippen LogP contribution in [0, 0.1) is 5.92 Å². The van der Waals surface area contributed by atoms with Crippen molar-refractivity contribution in [3.63, 3.8) is 0 Å². The van der Waals surface area contributed by atoms with Gasteiger partial charge in [-0.25, -0.2) is 4.98 Å². The molecular formula is C20H29N5O. The summed E-state index contributed by atoms with van der Waals surface area (Å²) < 4.78 is 2.08. The van der Waals surface area contributed by atoms with E-state index in [2.05, 4.69) is 45.0 Å². The molecule has 6 heteroatoms. The van der Waals surface area contributed by atoms with Gasteiger partial charge in [0.05, 0.1) is 6.04 Å². The first-order valence-electron chi connectivity index (χ1n) is 9.33. The molecule has 1 aliphatic heterocycles. The molecule has 1 amide bonds. The third kappa shape index (κ3) is 4.51. The van der Waals surface area contributed by atoms with E-state index in [1.165, 1.54) is 0 Å². The monoisotopic (exact) mass is 355 g/mol. The van der Waals surface area contributed by atoms with Gasteiger partial charge in [0.1, 0.15) is 5.82 Å². The SMILES string of the molecule is CC(C)CNC(=O)c1cccc(CN2CCNCC2c2nccn2C)c1. The van der Waals surface area contributed by atoms with Crippen LogP contribution in [0.3, 0.4) is 0 Å². The Hall–Kier alpha value is -2.18. The van der Waals surface area contributed by atoms with Crippen molar-refractivity contribution in [1.29, 1.82) is 0 Å². The molecule has 2 N–H and O–H groups in total. The average molecular weight is 355 g/mol. The van der Waals surface area contributed by atoms with E-state index in [1.807, 2.05) is 37.6 Å². The van der Waals surface area contributed by atoms with Gasteiger partial charge in [-0.3, -0.25) is 9.69 Å². The maximum absolute atomic E-state index is 12.3. The number of aromatic nitrogens is 2. The zero-order valence-corrected chi connectivity index (χ0v) is 15.9. The Balaban J connectivity index is 1.72. The molecule has 0 saturated carbocycles. The molecule has 1 saturated heterocycles. The quantitative estimate of drug-likeness (QED) is 0.831. The largest absolute Gasteiger partial charge is 0.352 e. The lowest BCUT2D eigenvalue weighted by atomic mass is 10.1. The van der Waals surface area contributed by atoms with Crippen LogP contribution in [0.1, 0.15) is 41.6 Å². The predicted octanol–water partition coefficient (Wildman–Crippen LogP) is 1.95. The maximum atomic E-state index is 12.3. The summed E-state index contributed by atoms with van der Waals surface area (Å²) in [7, 11) is 2.04. The molecule has 2 aromatic rings. The molecule has 1 fully saturated rings. The number of carbonyl (C=O) groups excluding carboxylic acids is 1. The molecule has 140 valence electrons. The van der Waals surface area contributed by atoms with Crippen molar-refractivity contribution in [2.75, 3.05) is 26.2 Å². The summed E-state index contributed by atoms with van der Waals surface area (Å²) in [6, 6.07) is 8.19. The molecule has 6 nitrogen and oxygen atoms in total. The highest BCUT2D eigenvalue weighted by Crippen LogP contribution is 2.23. The summed E-state index contributed by atoms with van der Waals surface area (Å²) in [6.07, 6.45) is 3.84. The van der Waals surface area contributed by atoms with Gasteiger partial charge in [0.2, 0.25) is 0 Å². The fourth-order valence-corrected chi connectivity index (χ4v) is 3.33. The lowest BCUT2D eigenvalue weighted by Crippen LogP contribution is -2.46. The summed E-state index contributed by atoms with van der Waals surface area (Å²) in [5, 5.41) is 6.46. The Morgan fingerprint density at radius 3 is 3.00 bits per heavy atom. The molecule has 0 aliphatic carbocycles. The van der Waals surface area contributed by atoms with E-state index >= 15 is 0 Å². The van der Waals surface area contributed by atoms with E-state index in [9.17, 15) is 4.79 Å². The first-order valence-corrected chi connectivity index (χ1v) is 9.33. The molecule has 2 heterocycles. The molecule has 1 unspecified atom stereocenters. The number of hydrogen-bond donors (Lipinski definition) is 2. The fourth-order valence-electron chi connectivity index (χ4n) is 3.33. The first kappa shape index (κ1) is 18.6. The van der Waals surface area contributed by atoms with Crippen LogP contribution >= 0.6 is 0 Å². The second kappa shape index (κ2) is 8.47. The number of amides is 1. The van der Waals surface area contributed by atoms with Crippen LogP contribution in [-0.2, 0) is 13.6 Å². The van der Waals surface area contributed by atoms with Crippen molar-refractivity contribution >= 4 is 5.91 Å². The molecule has 1 aromatic heterocycles. The number of hydrogen-bond acceptors (Lipinski definition) is 4. The van der Waals surface area contributed by atoms with Crippen molar-refractivity contribution in [2.45, 2.75) is 26.4 Å². The van der Waals surface area contributed by atoms with Crippen LogP contribution in [-0.4, -0.2) is 46.5 Å². The number of nitrogens with zero attached hydrogens (tertiary/aromatic N) is 3. The van der Waals surface area contributed by atoms with Crippen LogP contribution < -0.4 is 10.6 Å². The summed E-state index contributed by atoms with van der Waals surface area (Å²) in [5.74, 6) is 1.52. The second-order valence-electron chi connectivity index (χ2n) is 7.39. The number of imidazole rings is 1. The maximum Gasteiger partial charge on any atom is 0.251 e. The summed E-state index contributed by atoms with van der Waals surface area (Å²) in [5.41, 5.74) is 1.88. The third-order valence-electron chi connectivity index (χ3n) is 4.76. The van der Waals surface area contributed by atoms with E-state index < -0.39 is 0 Å². The van der Waals surface area contributed by atoms with Crippen molar-refractivity contribution in [2.24, 2.45) is 13.0 Å². The van der Waals surface area contributed by atoms with Gasteiger partial charge in [-0.1, -0.05) is 26.0 Å². The molecule has 26 heavy (non-hydrogen) atoms. The lowest BCUT2D eigenvalue weighted by Gasteiger charge is -2.35. The van der Waals surface area contributed by atoms with Crippen molar-refractivity contribution in [1.82, 2.24) is 25.1 Å². The summed E-state index contributed by atoms with van der Waals surface area (Å²) in [4.78, 5) is 19.3. The van der Waals surface area contributed by atoms with Gasteiger partial charge >= 0.3 is 0 Å². The van der Waals surface area contributed by atoms with Gasteiger partial charge in [-0.15, -0.1) is 0 Å². The van der Waals surface area contributed by atoms with Crippen LogP contribution in [0.4, 0.5) is 0 Å². The molecule has 3 rings (SSSR count). The van der Waals surface area contributed by atoms with E-state index in [1.54, 1.807) is 0 Å². The number of carbonyl (C=O) groups is 1. The van der Waals surface area contributed by atoms with E-state index in [0.717, 1.165) is 43.1 Å². The normalized spacial score (nSPS) is 18.2. The van der Waals surface area contributed by atoms with Crippen molar-refractivity contribution in [3.05, 3.63) is 53.6 Å². The standard InChI is InChI=1S/C20H29N5O/c1-15(2)12-23-20(26)17-6-4-5-16(11-17)14-25-10-7-21-13-18(25)19-22-8-9-24(19)3/h4-6,8-9,11,15,18,21H,7,10,12-14H2,1-3H3,(H,23,26). The number of nitrogens with one attached hydrogen (secondary N) is 2. The molecule has 1 aromatic carbocycles. The molecule has 0 bridgehead atoms. The molecule has 1 atom stereocenters. The lowest BCUT2D eigenvalue weighted by molar-refractivity contribution is 0.0948. The van der Waals surface area contributed by atoms with Gasteiger partial charge in [0.15, 0.2) is 0 Å². The van der Waals surface area contributed by atoms with Gasteiger partial charge in [0, 0.05) is 57.7 Å². The summed E-state index contributed by atoms with van der Waals surface area (Å²) >= 11 is 0. The molecule has 0 radical (unpaired) electrons. The number of benzene rings is 1. The van der Waals surface area contributed by atoms with Crippen LogP contribution in [0.2, 0.25) is 0 Å². The van der Waals surface area contributed by atoms with Crippen LogP contribution in [0.25, 0.3) is 0 Å². The Labute approximate surface area is 155 Å². The molecular weight excluding hydrogens is 326 g/mol. The van der Waals surface area contributed by atoms with Gasteiger partial charge < -0.3 is 15.2 Å². The topological polar surface area (TPSA) is 62.2 Å². The zero-order valence-electron chi connectivity index (χ0n) is 15.9. The Morgan fingerprint density at radius 1 is 1.42 bits per heavy atom. The highest BCUT2D eigenvalue weighted by molar-refractivity contribution is 5.94. The number of piperazine rings is 1. The van der Waals surface area contributed by atoms with Gasteiger partial charge in [0.25, 0.3) is 5.91 Å². The van der Waals surface area contributed by atoms with Crippen LogP contribution in [0.15, 0.2) is 36.7 Å². The van der Waals surface area contributed by atoms with Gasteiger partial charge in [-0.2, -0.15) is 0 Å². The highest BCUT2D eigenvalue weighted by atomic mass is 16.1. The second-order valence-corrected chi connectivity index (χ2v) is 7.39. The number of aryl methyl sites for hydroxylation is 1. The Morgan fingerprint density at radius 2 is 2.27 bits per heavy atom. The van der Waals surface area contributed by atoms with E-state index in [-0.39, 0.29) is 11.9 Å². The van der Waals surface area contributed by atoms with Crippen molar-refractivity contribution in [3.8, 4) is 0 Å². The summed E-state index contributed by atoms with van der Waals surface area (Å²) in [6.45, 7) is 8.51. The molecule has 0 spiro atoms. The zero-order chi connectivity index (χ0) is 18.5. The molecule has 1 aliphatic rings. The third-order valence-corrected chi connectivity index (χ3v) is 4.76. The number of rotatable bonds is 6. The predicted molar refractivity (Wildman–Crippen MR) is 103 cm³/mol. The first-order chi connectivity index (χ1) is 12.5. The van der Waals surface area contributed by atoms with E-state index in [0.29, 0.717) is 12.5 Å². The smallest absolute Gasteiger partial charge is 0.251 e. The Kier molecular flexibility index (Phi) is 6.06. The van der Waals surface area contributed by atoms with Gasteiger partial charge in [-0.05, 0) is 23.6 Å². The minimum atomic E-state index is 0.00140. The minimum Gasteiger partial charge on any atom is -0.352 e. The average Bonchev–Trinajstić information content (AvgIpc) is 3.06. The van der Waals surface area contributed by atoms with Crippen molar-refractivity contribution < 1.29 is 4.79 Å².